The van der Waals surface area contributed by atoms with Crippen LogP contribution in [0.5, 0.6) is 0 Å². The molecule has 168 valence electrons. The number of urea groups is 1. The summed E-state index contributed by atoms with van der Waals surface area (Å²) in [5.41, 5.74) is -0.637. The lowest BCUT2D eigenvalue weighted by Crippen LogP contribution is -2.60. The number of nitrogens with zero attached hydrogens (tertiary/aromatic N) is 1. The molecule has 3 atom stereocenters. The van der Waals surface area contributed by atoms with Crippen molar-refractivity contribution in [3.05, 3.63) is 59.1 Å². The van der Waals surface area contributed by atoms with E-state index in [1.807, 2.05) is 20.8 Å². The summed E-state index contributed by atoms with van der Waals surface area (Å²) >= 11 is 0. The molecule has 9 heteroatoms. The molecule has 1 fully saturated rings. The number of hydrogen-bond donors (Lipinski definition) is 1. The Morgan fingerprint density at radius 2 is 1.87 bits per heavy atom. The molecule has 1 aromatic rings. The minimum absolute atomic E-state index is 0.0992. The van der Waals surface area contributed by atoms with Crippen LogP contribution in [-0.2, 0) is 10.9 Å². The lowest BCUT2D eigenvalue weighted by Gasteiger charge is -2.43. The highest BCUT2D eigenvalue weighted by molar-refractivity contribution is 6.23. The number of alkyl halides is 4. The van der Waals surface area contributed by atoms with Crippen molar-refractivity contribution in [2.45, 2.75) is 50.9 Å². The molecule has 1 aromatic carbocycles. The number of nitrogens with one attached hydrogen (secondary N) is 1. The Morgan fingerprint density at radius 1 is 1.23 bits per heavy atom. The highest BCUT2D eigenvalue weighted by Crippen LogP contribution is 2.42. The van der Waals surface area contributed by atoms with Crippen LogP contribution in [-0.4, -0.2) is 49.7 Å². The van der Waals surface area contributed by atoms with Gasteiger partial charge in [-0.1, -0.05) is 41.9 Å². The molecular formula is C22H27BF4N2O2. The Morgan fingerprint density at radius 3 is 2.45 bits per heavy atom. The number of amides is 2. The maximum atomic E-state index is 14.9. The molecule has 3 rings (SSSR count). The van der Waals surface area contributed by atoms with Crippen LogP contribution in [0.4, 0.5) is 22.4 Å². The fraction of sp³-hybridized carbons (Fsp3) is 0.500. The number of carbonyl (C=O) groups excluding carboxylic acids is 1. The Labute approximate surface area is 180 Å². The lowest BCUT2D eigenvalue weighted by molar-refractivity contribution is -0.143. The zero-order chi connectivity index (χ0) is 23.0. The molecule has 1 aliphatic heterocycles. The van der Waals surface area contributed by atoms with Crippen LogP contribution >= 0.6 is 0 Å². The molecule has 1 aliphatic carbocycles. The molecule has 0 spiro atoms. The first-order valence-electron chi connectivity index (χ1n) is 10.2. The quantitative estimate of drug-likeness (QED) is 0.571. The maximum Gasteiger partial charge on any atom is 0.416 e. The minimum atomic E-state index is -4.59. The first kappa shape index (κ1) is 23.4. The standard InChI is InChI=1S/C22H27BF4N2O2/c1-21(2,3)28-20(30)29-11-14(12-29)31-19(16-9-8-13(23)10-18(16)24)15-6-4-5-7-17(15)22(25,26)27/h4-10,14,16,18-19H,11-12,23H2,1-3H3,(H,28,30). The summed E-state index contributed by atoms with van der Waals surface area (Å²) in [5.74, 6) is -0.898. The molecular weight excluding hydrogens is 411 g/mol. The van der Waals surface area contributed by atoms with Crippen molar-refractivity contribution >= 4 is 13.9 Å². The van der Waals surface area contributed by atoms with E-state index in [1.165, 1.54) is 29.2 Å². The molecule has 1 N–H and O–H groups in total. The normalized spacial score (nSPS) is 23.2. The molecule has 2 amide bonds. The fourth-order valence-electron chi connectivity index (χ4n) is 3.73. The zero-order valence-corrected chi connectivity index (χ0v) is 18.0. The van der Waals surface area contributed by atoms with E-state index in [2.05, 4.69) is 5.32 Å². The largest absolute Gasteiger partial charge is 0.416 e. The number of likely N-dealkylation sites (tertiary alicyclic amines) is 1. The third-order valence-electron chi connectivity index (χ3n) is 5.25. The van der Waals surface area contributed by atoms with Crippen molar-refractivity contribution in [3.63, 3.8) is 0 Å². The van der Waals surface area contributed by atoms with Crippen LogP contribution in [0, 0.1) is 5.92 Å². The van der Waals surface area contributed by atoms with Crippen molar-refractivity contribution in [2.24, 2.45) is 5.92 Å². The second-order valence-electron chi connectivity index (χ2n) is 9.14. The average Bonchev–Trinajstić information content (AvgIpc) is 2.59. The van der Waals surface area contributed by atoms with E-state index in [0.717, 1.165) is 6.07 Å². The minimum Gasteiger partial charge on any atom is -0.366 e. The second kappa shape index (κ2) is 8.69. The average molecular weight is 438 g/mol. The smallest absolute Gasteiger partial charge is 0.366 e. The predicted molar refractivity (Wildman–Crippen MR) is 113 cm³/mol. The van der Waals surface area contributed by atoms with Gasteiger partial charge in [-0.2, -0.15) is 13.2 Å². The predicted octanol–water partition coefficient (Wildman–Crippen LogP) is 4.00. The molecule has 0 aromatic heterocycles. The van der Waals surface area contributed by atoms with Gasteiger partial charge in [-0.15, -0.1) is 0 Å². The number of halogens is 4. The van der Waals surface area contributed by atoms with Crippen LogP contribution < -0.4 is 5.32 Å². The van der Waals surface area contributed by atoms with Crippen LogP contribution in [0.2, 0.25) is 0 Å². The van der Waals surface area contributed by atoms with Crippen molar-refractivity contribution in [1.29, 1.82) is 0 Å². The molecule has 0 radical (unpaired) electrons. The van der Waals surface area contributed by atoms with Gasteiger partial charge in [0.2, 0.25) is 0 Å². The molecule has 0 bridgehead atoms. The molecule has 4 nitrogen and oxygen atoms in total. The van der Waals surface area contributed by atoms with Gasteiger partial charge < -0.3 is 15.0 Å². The molecule has 0 saturated carbocycles. The summed E-state index contributed by atoms with van der Waals surface area (Å²) in [5, 5.41) is 2.83. The van der Waals surface area contributed by atoms with Crippen LogP contribution in [0.25, 0.3) is 0 Å². The first-order valence-corrected chi connectivity index (χ1v) is 10.2. The van der Waals surface area contributed by atoms with Gasteiger partial charge in [0.15, 0.2) is 0 Å². The third-order valence-corrected chi connectivity index (χ3v) is 5.25. The van der Waals surface area contributed by atoms with E-state index in [1.54, 1.807) is 20.0 Å². The lowest BCUT2D eigenvalue weighted by atomic mass is 9.80. The van der Waals surface area contributed by atoms with E-state index in [9.17, 15) is 22.4 Å². The third kappa shape index (κ3) is 5.70. The van der Waals surface area contributed by atoms with Gasteiger partial charge in [0.25, 0.3) is 0 Å². The number of benzene rings is 1. The molecule has 2 aliphatic rings. The van der Waals surface area contributed by atoms with Crippen molar-refractivity contribution < 1.29 is 27.1 Å². The van der Waals surface area contributed by atoms with E-state index >= 15 is 0 Å². The van der Waals surface area contributed by atoms with Gasteiger partial charge in [0.05, 0.1) is 30.9 Å². The summed E-state index contributed by atoms with van der Waals surface area (Å²) in [6, 6.07) is 4.85. The maximum absolute atomic E-state index is 14.9. The fourth-order valence-corrected chi connectivity index (χ4v) is 3.73. The van der Waals surface area contributed by atoms with Gasteiger partial charge >= 0.3 is 12.2 Å². The van der Waals surface area contributed by atoms with E-state index < -0.39 is 41.6 Å². The molecule has 1 heterocycles. The summed E-state index contributed by atoms with van der Waals surface area (Å²) in [4.78, 5) is 13.8. The number of carbonyl (C=O) groups is 1. The molecule has 31 heavy (non-hydrogen) atoms. The highest BCUT2D eigenvalue weighted by atomic mass is 19.4. The summed E-state index contributed by atoms with van der Waals surface area (Å²) < 4.78 is 61.8. The summed E-state index contributed by atoms with van der Waals surface area (Å²) in [6.07, 6.45) is -3.03. The Kier molecular flexibility index (Phi) is 6.55. The monoisotopic (exact) mass is 438 g/mol. The summed E-state index contributed by atoms with van der Waals surface area (Å²) in [7, 11) is 1.73. The first-order chi connectivity index (χ1) is 14.3. The van der Waals surface area contributed by atoms with Gasteiger partial charge in [0.1, 0.15) is 14.0 Å². The topological polar surface area (TPSA) is 41.6 Å². The molecule has 3 unspecified atom stereocenters. The van der Waals surface area contributed by atoms with E-state index in [4.69, 9.17) is 4.74 Å². The Balaban J connectivity index is 1.82. The summed E-state index contributed by atoms with van der Waals surface area (Å²) in [6.45, 7) is 6.03. The number of hydrogen-bond acceptors (Lipinski definition) is 2. The van der Waals surface area contributed by atoms with Crippen molar-refractivity contribution in [2.75, 3.05) is 13.1 Å². The van der Waals surface area contributed by atoms with Gasteiger partial charge in [-0.05, 0) is 32.4 Å². The van der Waals surface area contributed by atoms with Gasteiger partial charge in [-0.3, -0.25) is 0 Å². The second-order valence-corrected chi connectivity index (χ2v) is 9.14. The Hall–Kier alpha value is -2.29. The van der Waals surface area contributed by atoms with Crippen LogP contribution in [0.15, 0.2) is 48.0 Å². The van der Waals surface area contributed by atoms with Gasteiger partial charge in [0, 0.05) is 11.5 Å². The SMILES string of the molecule is BC1=CC(F)C(C(OC2CN(C(=O)NC(C)(C)C)C2)c2ccccc2C(F)(F)F)C=C1. The van der Waals surface area contributed by atoms with Gasteiger partial charge in [-0.25, -0.2) is 9.18 Å². The van der Waals surface area contributed by atoms with Crippen LogP contribution in [0.1, 0.15) is 38.0 Å². The van der Waals surface area contributed by atoms with Crippen molar-refractivity contribution in [1.82, 2.24) is 10.2 Å². The van der Waals surface area contributed by atoms with Crippen LogP contribution in [0.3, 0.4) is 0 Å². The number of ether oxygens (including phenoxy) is 1. The molecule has 1 saturated heterocycles. The zero-order valence-electron chi connectivity index (χ0n) is 18.0. The van der Waals surface area contributed by atoms with Crippen molar-refractivity contribution in [3.8, 4) is 0 Å². The Bertz CT molecular complexity index is 873. The number of allylic oxidation sites excluding steroid dienone is 3. The number of rotatable bonds is 4. The highest BCUT2D eigenvalue weighted by Gasteiger charge is 2.42. The van der Waals surface area contributed by atoms with E-state index in [-0.39, 0.29) is 24.7 Å². The van der Waals surface area contributed by atoms with E-state index in [0.29, 0.717) is 5.47 Å².